The molecule has 0 radical (unpaired) electrons. The fraction of sp³-hybridized carbons (Fsp3) is 0.588. The van der Waals surface area contributed by atoms with Crippen molar-refractivity contribution < 1.29 is 14.6 Å². The number of aliphatic hydroxyl groups excluding tert-OH is 1. The van der Waals surface area contributed by atoms with Gasteiger partial charge in [0, 0.05) is 12.0 Å². The van der Waals surface area contributed by atoms with Gasteiger partial charge in [0.25, 0.3) is 0 Å². The van der Waals surface area contributed by atoms with Crippen LogP contribution in [0.1, 0.15) is 19.3 Å². The summed E-state index contributed by atoms with van der Waals surface area (Å²) in [4.78, 5) is 12.4. The largest absolute Gasteiger partial charge is 0.392 e. The van der Waals surface area contributed by atoms with Crippen LogP contribution in [0.3, 0.4) is 0 Å². The van der Waals surface area contributed by atoms with Gasteiger partial charge in [-0.1, -0.05) is 30.9 Å². The topological polar surface area (TPSA) is 46.5 Å². The lowest BCUT2D eigenvalue weighted by atomic mass is 9.87. The minimum Gasteiger partial charge on any atom is -0.392 e. The summed E-state index contributed by atoms with van der Waals surface area (Å²) >= 11 is 0. The molecule has 1 aliphatic heterocycles. The van der Waals surface area contributed by atoms with Crippen LogP contribution in [0.2, 0.25) is 19.6 Å². The molecule has 4 heteroatoms. The highest BCUT2D eigenvalue weighted by Gasteiger charge is 2.37. The lowest BCUT2D eigenvalue weighted by Gasteiger charge is -2.28. The maximum atomic E-state index is 12.4. The van der Waals surface area contributed by atoms with E-state index in [1.54, 1.807) is 0 Å². The van der Waals surface area contributed by atoms with E-state index in [0.717, 1.165) is 24.0 Å². The number of fused-ring (bicyclic) bond motifs is 1. The molecule has 0 aromatic rings. The van der Waals surface area contributed by atoms with E-state index in [1.165, 1.54) is 16.3 Å². The van der Waals surface area contributed by atoms with E-state index >= 15 is 0 Å². The molecule has 0 bridgehead atoms. The normalized spacial score (nSPS) is 32.5. The van der Waals surface area contributed by atoms with Gasteiger partial charge in [0.15, 0.2) is 5.78 Å². The number of aliphatic hydroxyl groups is 1. The highest BCUT2D eigenvalue weighted by molar-refractivity contribution is 6.84. The monoisotopic (exact) mass is 304 g/mol. The Hall–Kier alpha value is -0.973. The molecule has 1 heterocycles. The summed E-state index contributed by atoms with van der Waals surface area (Å²) in [6, 6.07) is 0. The zero-order valence-corrected chi connectivity index (χ0v) is 14.2. The summed E-state index contributed by atoms with van der Waals surface area (Å²) in [6.07, 6.45) is 4.71. The molecular formula is C17H24O3Si. The third kappa shape index (κ3) is 2.60. The van der Waals surface area contributed by atoms with Crippen molar-refractivity contribution in [3.05, 3.63) is 33.6 Å². The number of ether oxygens (including phenoxy) is 1. The molecule has 3 nitrogen and oxygen atoms in total. The van der Waals surface area contributed by atoms with Gasteiger partial charge < -0.3 is 9.84 Å². The average Bonchev–Trinajstić information content (AvgIpc) is 2.95. The maximum Gasteiger partial charge on any atom is 0.159 e. The standard InChI is InChI=1S/C17H24O3Si/c1-21(2,3)16-7-13-10-20-9-12(13)6-11-4-5-15(19)17(11)14(16)8-18/h7,11,18H,4-6,8-10H2,1-3H3/b16-7+,17-14+. The minimum absolute atomic E-state index is 0.0167. The fourth-order valence-corrected chi connectivity index (χ4v) is 5.51. The molecule has 1 atom stereocenters. The van der Waals surface area contributed by atoms with E-state index in [-0.39, 0.29) is 18.3 Å². The van der Waals surface area contributed by atoms with Gasteiger partial charge in [-0.2, -0.15) is 0 Å². The molecule has 0 spiro atoms. The SMILES string of the molecule is C[Si](C)(C)C1=C/C2=C(COC2)CC2CCC(=O)\C2=C\1CO. The van der Waals surface area contributed by atoms with Crippen molar-refractivity contribution in [2.24, 2.45) is 5.92 Å². The van der Waals surface area contributed by atoms with E-state index in [0.29, 0.717) is 19.6 Å². The van der Waals surface area contributed by atoms with E-state index in [4.69, 9.17) is 4.74 Å². The Balaban J connectivity index is 2.21. The summed E-state index contributed by atoms with van der Waals surface area (Å²) in [7, 11) is -1.64. The first-order chi connectivity index (χ1) is 9.91. The maximum absolute atomic E-state index is 12.4. The molecule has 0 amide bonds. The lowest BCUT2D eigenvalue weighted by Crippen LogP contribution is -2.29. The number of hydrogen-bond acceptors (Lipinski definition) is 3. The molecule has 1 unspecified atom stereocenters. The molecule has 2 aliphatic carbocycles. The smallest absolute Gasteiger partial charge is 0.159 e. The zero-order valence-electron chi connectivity index (χ0n) is 13.2. The quantitative estimate of drug-likeness (QED) is 0.798. The van der Waals surface area contributed by atoms with Crippen LogP contribution in [0.25, 0.3) is 0 Å². The molecule has 3 aliphatic rings. The van der Waals surface area contributed by atoms with Crippen LogP contribution in [0, 0.1) is 5.92 Å². The first-order valence-electron chi connectivity index (χ1n) is 7.80. The van der Waals surface area contributed by atoms with Crippen LogP contribution in [0.4, 0.5) is 0 Å². The van der Waals surface area contributed by atoms with Gasteiger partial charge in [0.05, 0.1) is 27.9 Å². The Labute approximate surface area is 127 Å². The van der Waals surface area contributed by atoms with Crippen molar-refractivity contribution >= 4 is 13.9 Å². The van der Waals surface area contributed by atoms with Crippen molar-refractivity contribution in [1.29, 1.82) is 0 Å². The third-order valence-electron chi connectivity index (χ3n) is 4.84. The van der Waals surface area contributed by atoms with Gasteiger partial charge >= 0.3 is 0 Å². The van der Waals surface area contributed by atoms with Crippen LogP contribution in [0.15, 0.2) is 33.6 Å². The number of rotatable bonds is 2. The number of ketones is 1. The minimum atomic E-state index is -1.64. The van der Waals surface area contributed by atoms with Crippen molar-refractivity contribution in [1.82, 2.24) is 0 Å². The number of allylic oxidation sites excluding steroid dienone is 1. The van der Waals surface area contributed by atoms with Gasteiger partial charge in [-0.15, -0.1) is 0 Å². The number of carbonyl (C=O) groups is 1. The van der Waals surface area contributed by atoms with Crippen molar-refractivity contribution in [3.8, 4) is 0 Å². The summed E-state index contributed by atoms with van der Waals surface area (Å²) < 4.78 is 5.64. The first kappa shape index (κ1) is 14.9. The molecule has 114 valence electrons. The Kier molecular flexibility index (Phi) is 3.80. The first-order valence-corrected chi connectivity index (χ1v) is 11.3. The molecule has 1 fully saturated rings. The molecule has 0 saturated heterocycles. The van der Waals surface area contributed by atoms with Crippen LogP contribution in [-0.4, -0.2) is 38.8 Å². The van der Waals surface area contributed by atoms with Crippen molar-refractivity contribution in [3.63, 3.8) is 0 Å². The zero-order chi connectivity index (χ0) is 15.2. The predicted octanol–water partition coefficient (Wildman–Crippen LogP) is 2.79. The molecule has 1 N–H and O–H groups in total. The second kappa shape index (κ2) is 5.34. The molecular weight excluding hydrogens is 280 g/mol. The Morgan fingerprint density at radius 2 is 2.10 bits per heavy atom. The molecule has 0 aromatic carbocycles. The Morgan fingerprint density at radius 1 is 1.33 bits per heavy atom. The van der Waals surface area contributed by atoms with E-state index in [9.17, 15) is 9.90 Å². The van der Waals surface area contributed by atoms with Gasteiger partial charge in [-0.25, -0.2) is 0 Å². The molecule has 0 aromatic heterocycles. The average molecular weight is 304 g/mol. The van der Waals surface area contributed by atoms with Crippen LogP contribution in [-0.2, 0) is 9.53 Å². The van der Waals surface area contributed by atoms with E-state index in [1.807, 2.05) is 0 Å². The Bertz CT molecular complexity index is 575. The van der Waals surface area contributed by atoms with E-state index < -0.39 is 8.07 Å². The third-order valence-corrected chi connectivity index (χ3v) is 6.91. The summed E-state index contributed by atoms with van der Waals surface area (Å²) in [5.41, 5.74) is 4.50. The van der Waals surface area contributed by atoms with Gasteiger partial charge in [-0.05, 0) is 35.5 Å². The second-order valence-electron chi connectivity index (χ2n) is 7.34. The highest BCUT2D eigenvalue weighted by atomic mass is 28.3. The van der Waals surface area contributed by atoms with Crippen LogP contribution < -0.4 is 0 Å². The van der Waals surface area contributed by atoms with Crippen LogP contribution >= 0.6 is 0 Å². The van der Waals surface area contributed by atoms with E-state index in [2.05, 4.69) is 25.7 Å². The fourth-order valence-electron chi connectivity index (χ4n) is 3.79. The van der Waals surface area contributed by atoms with Crippen molar-refractivity contribution in [2.45, 2.75) is 38.9 Å². The number of carbonyl (C=O) groups excluding carboxylic acids is 1. The number of hydrogen-bond donors (Lipinski definition) is 1. The molecule has 1 saturated carbocycles. The molecule has 3 rings (SSSR count). The lowest BCUT2D eigenvalue weighted by molar-refractivity contribution is -0.114. The van der Waals surface area contributed by atoms with Gasteiger partial charge in [0.1, 0.15) is 0 Å². The summed E-state index contributed by atoms with van der Waals surface area (Å²) in [5, 5.41) is 11.2. The molecule has 21 heavy (non-hydrogen) atoms. The van der Waals surface area contributed by atoms with Gasteiger partial charge in [0.2, 0.25) is 0 Å². The number of Topliss-reactive ketones (excluding diaryl/α,β-unsaturated/α-hetero) is 1. The van der Waals surface area contributed by atoms with Gasteiger partial charge in [-0.3, -0.25) is 4.79 Å². The highest BCUT2D eigenvalue weighted by Crippen LogP contribution is 2.42. The summed E-state index contributed by atoms with van der Waals surface area (Å²) in [5.74, 6) is 0.530. The summed E-state index contributed by atoms with van der Waals surface area (Å²) in [6.45, 7) is 8.20. The Morgan fingerprint density at radius 3 is 2.76 bits per heavy atom. The van der Waals surface area contributed by atoms with Crippen molar-refractivity contribution in [2.75, 3.05) is 19.8 Å². The second-order valence-corrected chi connectivity index (χ2v) is 12.4. The van der Waals surface area contributed by atoms with Crippen LogP contribution in [0.5, 0.6) is 0 Å². The predicted molar refractivity (Wildman–Crippen MR) is 85.7 cm³/mol.